The number of pyridine rings is 1. The number of hydrogen-bond donors (Lipinski definition) is 0. The highest BCUT2D eigenvalue weighted by Crippen LogP contribution is 2.20. The second-order valence-corrected chi connectivity index (χ2v) is 5.25. The first-order valence-corrected chi connectivity index (χ1v) is 7.55. The van der Waals surface area contributed by atoms with Gasteiger partial charge in [-0.05, 0) is 36.6 Å². The molecule has 26 heavy (non-hydrogen) atoms. The van der Waals surface area contributed by atoms with Gasteiger partial charge in [0, 0.05) is 64.2 Å². The van der Waals surface area contributed by atoms with Crippen molar-refractivity contribution < 1.29 is 24.7 Å². The SMILES string of the molecule is [2H]c1c([2H])c(Cl)c([2H])c(N2C([2H])([2H])C([2H])([2H])N(CC([2H])([2H])Cn3nc4c([2H])c([2H])c([2H])c([2H])n4c3=O)C([2H])([2H])C2([2H])[2H])c1[2H]. The number of hydrogen-bond acceptors (Lipinski definition) is 4. The van der Waals surface area contributed by atoms with E-state index < -0.39 is 116 Å². The topological polar surface area (TPSA) is 45.8 Å². The maximum atomic E-state index is 12.9. The summed E-state index contributed by atoms with van der Waals surface area (Å²) in [4.78, 5) is 12.6. The number of anilines is 1. The van der Waals surface area contributed by atoms with E-state index >= 15 is 0 Å². The van der Waals surface area contributed by atoms with E-state index in [-0.39, 0.29) is 9.80 Å². The van der Waals surface area contributed by atoms with Gasteiger partial charge in [0.05, 0.1) is 16.4 Å². The Hall–Kier alpha value is -2.31. The minimum absolute atomic E-state index is 0.0949. The lowest BCUT2D eigenvalue weighted by Crippen LogP contribution is -2.46. The zero-order valence-electron chi connectivity index (χ0n) is 30.9. The monoisotopic (exact) mass is 389 g/mol. The van der Waals surface area contributed by atoms with Crippen molar-refractivity contribution in [2.45, 2.75) is 12.9 Å². The summed E-state index contributed by atoms with van der Waals surface area (Å²) < 4.78 is 150. The standard InChI is InChI=1S/C19H22ClN5O/c20-16-5-3-6-17(15-16)23-13-11-22(12-14-23)8-4-10-25-19(26)24-9-2-1-7-18(24)21-25/h1-3,5-7,9,15H,4,8,10-14H2/i1D,2D,3D,4D2,5D,6D,7D,9D,11D2,12D2,13D2,14D2,15D. The second kappa shape index (κ2) is 7.51. The van der Waals surface area contributed by atoms with Gasteiger partial charge in [-0.3, -0.25) is 9.30 Å². The molecule has 6 nitrogen and oxygen atoms in total. The van der Waals surface area contributed by atoms with Crippen LogP contribution in [0.3, 0.4) is 0 Å². The van der Waals surface area contributed by atoms with E-state index in [1.807, 2.05) is 0 Å². The van der Waals surface area contributed by atoms with E-state index in [0.717, 1.165) is 0 Å². The van der Waals surface area contributed by atoms with Crippen LogP contribution in [0.5, 0.6) is 0 Å². The fourth-order valence-corrected chi connectivity index (χ4v) is 2.16. The Morgan fingerprint density at radius 2 is 2.00 bits per heavy atom. The van der Waals surface area contributed by atoms with Crippen molar-refractivity contribution in [3.05, 3.63) is 64.0 Å². The molecule has 0 spiro atoms. The van der Waals surface area contributed by atoms with Gasteiger partial charge in [-0.1, -0.05) is 23.7 Å². The molecule has 1 saturated heterocycles. The summed E-state index contributed by atoms with van der Waals surface area (Å²) in [5.41, 5.74) is -2.89. The van der Waals surface area contributed by atoms with Crippen LogP contribution in [0.2, 0.25) is 5.02 Å². The van der Waals surface area contributed by atoms with E-state index in [4.69, 9.17) is 36.3 Å². The first-order valence-electron chi connectivity index (χ1n) is 16.2. The smallest absolute Gasteiger partial charge is 0.350 e. The molecule has 0 N–H and O–H groups in total. The van der Waals surface area contributed by atoms with Gasteiger partial charge in [-0.25, -0.2) is 9.48 Å². The maximum Gasteiger partial charge on any atom is 0.350 e. The van der Waals surface area contributed by atoms with Crippen LogP contribution in [0, 0.1) is 0 Å². The molecule has 1 fully saturated rings. The molecule has 136 valence electrons. The summed E-state index contributed by atoms with van der Waals surface area (Å²) in [6, 6.07) is -6.15. The molecule has 0 radical (unpaired) electrons. The summed E-state index contributed by atoms with van der Waals surface area (Å²) in [6.07, 6.45) is -3.72. The lowest BCUT2D eigenvalue weighted by Gasteiger charge is -2.36. The van der Waals surface area contributed by atoms with Crippen LogP contribution in [0.15, 0.2) is 53.3 Å². The highest BCUT2D eigenvalue weighted by molar-refractivity contribution is 6.30. The Morgan fingerprint density at radius 1 is 1.15 bits per heavy atom. The number of benzene rings is 1. The number of rotatable bonds is 5. The predicted octanol–water partition coefficient (Wildman–Crippen LogP) is 2.36. The molecule has 2 aromatic heterocycles. The zero-order valence-corrected chi connectivity index (χ0v) is 13.7. The van der Waals surface area contributed by atoms with Gasteiger partial charge in [0.1, 0.15) is 0 Å². The van der Waals surface area contributed by atoms with Crippen LogP contribution >= 0.6 is 11.6 Å². The third kappa shape index (κ3) is 3.61. The van der Waals surface area contributed by atoms with Gasteiger partial charge in [0.2, 0.25) is 0 Å². The molecule has 0 atom stereocenters. The van der Waals surface area contributed by atoms with Gasteiger partial charge >= 0.3 is 5.69 Å². The number of aromatic nitrogens is 3. The van der Waals surface area contributed by atoms with Crippen molar-refractivity contribution >= 4 is 22.9 Å². The molecule has 1 aliphatic heterocycles. The highest BCUT2D eigenvalue weighted by Gasteiger charge is 2.17. The quantitative estimate of drug-likeness (QED) is 0.672. The Bertz CT molecular complexity index is 1700. The molecule has 0 bridgehead atoms. The zero-order chi connectivity index (χ0) is 33.9. The lowest BCUT2D eigenvalue weighted by atomic mass is 10.2. The van der Waals surface area contributed by atoms with Gasteiger partial charge in [0.15, 0.2) is 5.65 Å². The summed E-state index contributed by atoms with van der Waals surface area (Å²) in [5, 5.41) is 2.95. The number of halogens is 1. The fraction of sp³-hybridized carbons (Fsp3) is 0.368. The number of fused-ring (bicyclic) bond motifs is 1. The van der Waals surface area contributed by atoms with E-state index in [1.54, 1.807) is 0 Å². The third-order valence-electron chi connectivity index (χ3n) is 3.17. The Kier molecular flexibility index (Phi) is 1.76. The molecule has 0 aliphatic carbocycles. The number of aryl methyl sites for hydroxylation is 1. The first kappa shape index (κ1) is 6.11. The molecule has 1 aliphatic rings. The summed E-state index contributed by atoms with van der Waals surface area (Å²) in [7, 11) is 0. The molecule has 0 saturated carbocycles. The maximum absolute atomic E-state index is 12.9. The minimum atomic E-state index is -3.70. The van der Waals surface area contributed by atoms with Crippen molar-refractivity contribution in [2.75, 3.05) is 37.4 Å². The van der Waals surface area contributed by atoms with Gasteiger partial charge in [0.25, 0.3) is 0 Å². The molecule has 4 rings (SSSR count). The molecule has 3 aromatic rings. The van der Waals surface area contributed by atoms with E-state index in [0.29, 0.717) is 9.08 Å². The normalized spacial score (nSPS) is 34.0. The average Bonchev–Trinajstić information content (AvgIpc) is 3.23. The minimum Gasteiger partial charge on any atom is -0.369 e. The average molecular weight is 390 g/mol. The molecular weight excluding hydrogens is 350 g/mol. The lowest BCUT2D eigenvalue weighted by molar-refractivity contribution is 0.248. The largest absolute Gasteiger partial charge is 0.369 e. The third-order valence-corrected chi connectivity index (χ3v) is 3.36. The van der Waals surface area contributed by atoms with Crippen molar-refractivity contribution in [2.24, 2.45) is 0 Å². The first-order chi connectivity index (χ1) is 19.8. The molecule has 0 unspecified atom stereocenters. The highest BCUT2D eigenvalue weighted by atomic mass is 35.5. The van der Waals surface area contributed by atoms with Crippen LogP contribution in [-0.4, -0.2) is 51.6 Å². The van der Waals surface area contributed by atoms with E-state index in [2.05, 4.69) is 5.10 Å². The van der Waals surface area contributed by atoms with Crippen LogP contribution in [0.25, 0.3) is 5.65 Å². The molecule has 7 heteroatoms. The van der Waals surface area contributed by atoms with Crippen molar-refractivity contribution in [1.29, 1.82) is 0 Å². The summed E-state index contributed by atoms with van der Waals surface area (Å²) in [5.74, 6) is 0. The van der Waals surface area contributed by atoms with Crippen LogP contribution in [-0.2, 0) is 6.54 Å². The summed E-state index contributed by atoms with van der Waals surface area (Å²) in [6.45, 7) is -17.2. The van der Waals surface area contributed by atoms with Gasteiger partial charge in [-0.15, -0.1) is 5.10 Å². The molecular formula is C19H22ClN5O. The second-order valence-electron chi connectivity index (χ2n) is 4.87. The number of piperazine rings is 1. The van der Waals surface area contributed by atoms with E-state index in [1.165, 1.54) is 0 Å². The molecule has 3 heterocycles. The van der Waals surface area contributed by atoms with Crippen LogP contribution < -0.4 is 10.6 Å². The molecule has 0 amide bonds. The number of nitrogens with zero attached hydrogens (tertiary/aromatic N) is 5. The summed E-state index contributed by atoms with van der Waals surface area (Å²) >= 11 is 5.90. The predicted molar refractivity (Wildman–Crippen MR) is 104 cm³/mol. The van der Waals surface area contributed by atoms with Crippen molar-refractivity contribution in [1.82, 2.24) is 19.1 Å². The van der Waals surface area contributed by atoms with Crippen molar-refractivity contribution in [3.63, 3.8) is 0 Å². The van der Waals surface area contributed by atoms with Gasteiger partial charge in [-0.2, -0.15) is 0 Å². The Balaban J connectivity index is 1.83. The van der Waals surface area contributed by atoms with Crippen LogP contribution in [0.4, 0.5) is 5.69 Å². The Morgan fingerprint density at radius 3 is 2.85 bits per heavy atom. The molecule has 1 aromatic carbocycles. The van der Waals surface area contributed by atoms with Crippen molar-refractivity contribution in [3.8, 4) is 0 Å². The van der Waals surface area contributed by atoms with E-state index in [9.17, 15) is 4.79 Å². The Labute approximate surface area is 182 Å². The fourth-order valence-electron chi connectivity index (χ4n) is 2.02. The van der Waals surface area contributed by atoms with Crippen LogP contribution in [0.1, 0.15) is 31.0 Å². The van der Waals surface area contributed by atoms with Gasteiger partial charge < -0.3 is 4.90 Å².